The summed E-state index contributed by atoms with van der Waals surface area (Å²) in [5.74, 6) is -2.00. The normalized spacial score (nSPS) is 10.8. The van der Waals surface area contributed by atoms with Crippen LogP contribution < -0.4 is 5.43 Å². The molecule has 22 heavy (non-hydrogen) atoms. The maximum Gasteiger partial charge on any atom is 0.360 e. The van der Waals surface area contributed by atoms with E-state index in [-0.39, 0.29) is 10.9 Å². The van der Waals surface area contributed by atoms with Crippen LogP contribution in [0.1, 0.15) is 10.5 Å². The Morgan fingerprint density at radius 3 is 2.50 bits per heavy atom. The van der Waals surface area contributed by atoms with E-state index in [0.717, 1.165) is 12.1 Å². The number of rotatable bonds is 2. The lowest BCUT2D eigenvalue weighted by molar-refractivity contribution is 0.0687. The Morgan fingerprint density at radius 1 is 1.18 bits per heavy atom. The van der Waals surface area contributed by atoms with Crippen LogP contribution in [0.2, 0.25) is 5.02 Å². The fourth-order valence-electron chi connectivity index (χ4n) is 2.12. The number of carboxylic acids is 1. The van der Waals surface area contributed by atoms with Crippen LogP contribution in [0.4, 0.5) is 4.39 Å². The van der Waals surface area contributed by atoms with Crippen molar-refractivity contribution < 1.29 is 14.3 Å². The molecule has 1 heterocycles. The van der Waals surface area contributed by atoms with Gasteiger partial charge in [0.2, 0.25) is 11.1 Å². The Balaban J connectivity index is 2.43. The summed E-state index contributed by atoms with van der Waals surface area (Å²) >= 11 is 5.82. The first-order valence-corrected chi connectivity index (χ1v) is 6.57. The van der Waals surface area contributed by atoms with Crippen LogP contribution in [-0.2, 0) is 0 Å². The number of aromatic carboxylic acids is 1. The van der Waals surface area contributed by atoms with Crippen LogP contribution in [0.25, 0.3) is 16.6 Å². The number of fused-ring (bicyclic) bond motifs is 1. The third-order valence-electron chi connectivity index (χ3n) is 3.12. The fraction of sp³-hybridized carbons (Fsp3) is 0. The van der Waals surface area contributed by atoms with Gasteiger partial charge in [-0.05, 0) is 36.4 Å². The number of hydrogen-bond acceptors (Lipinski definition) is 3. The van der Waals surface area contributed by atoms with Crippen molar-refractivity contribution in [2.75, 3.05) is 0 Å². The molecule has 0 saturated heterocycles. The van der Waals surface area contributed by atoms with Gasteiger partial charge in [-0.15, -0.1) is 0 Å². The molecule has 1 aromatic heterocycles. The van der Waals surface area contributed by atoms with Crippen LogP contribution in [0.3, 0.4) is 0 Å². The molecule has 0 fully saturated rings. The highest BCUT2D eigenvalue weighted by Gasteiger charge is 2.17. The summed E-state index contributed by atoms with van der Waals surface area (Å²) in [4.78, 5) is 23.3. The molecule has 0 spiro atoms. The standard InChI is InChI=1S/C15H8ClFN2O3/c16-8-1-4-10(5-2-8)19-12-7-9(17)3-6-11(12)14(20)13(18-19)15(21)22/h1-7H,(H,21,22). The van der Waals surface area contributed by atoms with E-state index in [1.54, 1.807) is 24.3 Å². The molecule has 0 saturated carbocycles. The molecule has 1 N–H and O–H groups in total. The van der Waals surface area contributed by atoms with E-state index in [1.165, 1.54) is 10.7 Å². The topological polar surface area (TPSA) is 72.2 Å². The predicted octanol–water partition coefficient (Wildman–Crippen LogP) is 2.88. The van der Waals surface area contributed by atoms with Crippen molar-refractivity contribution in [1.29, 1.82) is 0 Å². The molecule has 0 unspecified atom stereocenters. The van der Waals surface area contributed by atoms with Crippen molar-refractivity contribution in [2.24, 2.45) is 0 Å². The Bertz CT molecular complexity index is 951. The first-order valence-electron chi connectivity index (χ1n) is 6.19. The number of nitrogens with zero attached hydrogens (tertiary/aromatic N) is 2. The van der Waals surface area contributed by atoms with Crippen molar-refractivity contribution in [3.8, 4) is 5.69 Å². The summed E-state index contributed by atoms with van der Waals surface area (Å²) in [7, 11) is 0. The minimum Gasteiger partial charge on any atom is -0.476 e. The van der Waals surface area contributed by atoms with E-state index in [4.69, 9.17) is 16.7 Å². The van der Waals surface area contributed by atoms with Gasteiger partial charge in [0.25, 0.3) is 0 Å². The zero-order valence-corrected chi connectivity index (χ0v) is 11.7. The molecule has 110 valence electrons. The molecule has 0 atom stereocenters. The summed E-state index contributed by atoms with van der Waals surface area (Å²) in [5.41, 5.74) is -0.749. The first-order chi connectivity index (χ1) is 10.5. The molecule has 2 aromatic carbocycles. The monoisotopic (exact) mass is 318 g/mol. The molecule has 0 aliphatic heterocycles. The number of carbonyl (C=O) groups is 1. The number of halogens is 2. The highest BCUT2D eigenvalue weighted by Crippen LogP contribution is 2.18. The minimum atomic E-state index is -1.45. The maximum absolute atomic E-state index is 13.5. The second-order valence-electron chi connectivity index (χ2n) is 4.53. The minimum absolute atomic E-state index is 0.0729. The zero-order chi connectivity index (χ0) is 15.9. The lowest BCUT2D eigenvalue weighted by Gasteiger charge is -2.11. The molecular weight excluding hydrogens is 311 g/mol. The van der Waals surface area contributed by atoms with Gasteiger partial charge in [0.05, 0.1) is 16.6 Å². The van der Waals surface area contributed by atoms with Crippen LogP contribution in [-0.4, -0.2) is 20.9 Å². The summed E-state index contributed by atoms with van der Waals surface area (Å²) in [6.45, 7) is 0. The number of aromatic nitrogens is 2. The quantitative estimate of drug-likeness (QED) is 0.788. The summed E-state index contributed by atoms with van der Waals surface area (Å²) < 4.78 is 14.7. The van der Waals surface area contributed by atoms with E-state index in [1.807, 2.05) is 0 Å². The van der Waals surface area contributed by atoms with Gasteiger partial charge < -0.3 is 5.11 Å². The SMILES string of the molecule is O=C(O)c1nn(-c2ccc(Cl)cc2)c2cc(F)ccc2c1=O. The Kier molecular flexibility index (Phi) is 3.38. The molecule has 0 bridgehead atoms. The molecule has 3 aromatic rings. The average Bonchev–Trinajstić information content (AvgIpc) is 2.48. The Labute approximate surface area is 128 Å². The van der Waals surface area contributed by atoms with Crippen LogP contribution in [0.15, 0.2) is 47.3 Å². The van der Waals surface area contributed by atoms with Crippen molar-refractivity contribution >= 4 is 28.5 Å². The van der Waals surface area contributed by atoms with Gasteiger partial charge in [0.15, 0.2) is 0 Å². The predicted molar refractivity (Wildman–Crippen MR) is 79.3 cm³/mol. The van der Waals surface area contributed by atoms with Crippen molar-refractivity contribution in [3.63, 3.8) is 0 Å². The van der Waals surface area contributed by atoms with E-state index < -0.39 is 22.9 Å². The maximum atomic E-state index is 13.5. The highest BCUT2D eigenvalue weighted by atomic mass is 35.5. The average molecular weight is 319 g/mol. The van der Waals surface area contributed by atoms with Gasteiger partial charge in [-0.3, -0.25) is 4.79 Å². The number of hydrogen-bond donors (Lipinski definition) is 1. The summed E-state index contributed by atoms with van der Waals surface area (Å²) in [6, 6.07) is 9.83. The van der Waals surface area contributed by atoms with E-state index in [0.29, 0.717) is 10.7 Å². The van der Waals surface area contributed by atoms with Gasteiger partial charge in [-0.2, -0.15) is 5.10 Å². The molecule has 0 amide bonds. The second-order valence-corrected chi connectivity index (χ2v) is 4.97. The van der Waals surface area contributed by atoms with Crippen LogP contribution in [0, 0.1) is 5.82 Å². The summed E-state index contributed by atoms with van der Waals surface area (Å²) in [6.07, 6.45) is 0. The van der Waals surface area contributed by atoms with Crippen molar-refractivity contribution in [2.45, 2.75) is 0 Å². The summed E-state index contributed by atoms with van der Waals surface area (Å²) in [5, 5.41) is 13.5. The molecular formula is C15H8ClFN2O3. The fourth-order valence-corrected chi connectivity index (χ4v) is 2.24. The van der Waals surface area contributed by atoms with Gasteiger partial charge in [-0.25, -0.2) is 13.9 Å². The molecule has 5 nitrogen and oxygen atoms in total. The van der Waals surface area contributed by atoms with E-state index in [9.17, 15) is 14.0 Å². The zero-order valence-electron chi connectivity index (χ0n) is 11.0. The highest BCUT2D eigenvalue weighted by molar-refractivity contribution is 6.30. The Morgan fingerprint density at radius 2 is 1.86 bits per heavy atom. The molecule has 7 heteroatoms. The number of benzene rings is 2. The second kappa shape index (κ2) is 5.23. The number of carboxylic acid groups (broad SMARTS) is 1. The van der Waals surface area contributed by atoms with Gasteiger partial charge in [0, 0.05) is 11.1 Å². The Hall–Kier alpha value is -2.73. The van der Waals surface area contributed by atoms with Gasteiger partial charge in [-0.1, -0.05) is 11.6 Å². The van der Waals surface area contributed by atoms with E-state index >= 15 is 0 Å². The lowest BCUT2D eigenvalue weighted by Crippen LogP contribution is -2.22. The molecule has 0 aliphatic rings. The van der Waals surface area contributed by atoms with Gasteiger partial charge in [0.1, 0.15) is 5.82 Å². The third-order valence-corrected chi connectivity index (χ3v) is 3.37. The van der Waals surface area contributed by atoms with Gasteiger partial charge >= 0.3 is 5.97 Å². The van der Waals surface area contributed by atoms with Crippen LogP contribution >= 0.6 is 11.6 Å². The first kappa shape index (κ1) is 14.2. The smallest absolute Gasteiger partial charge is 0.360 e. The van der Waals surface area contributed by atoms with E-state index in [2.05, 4.69) is 5.10 Å². The van der Waals surface area contributed by atoms with Crippen LogP contribution in [0.5, 0.6) is 0 Å². The molecule has 0 radical (unpaired) electrons. The molecule has 3 rings (SSSR count). The van der Waals surface area contributed by atoms with Crippen molar-refractivity contribution in [1.82, 2.24) is 9.78 Å². The molecule has 0 aliphatic carbocycles. The lowest BCUT2D eigenvalue weighted by atomic mass is 10.2. The largest absolute Gasteiger partial charge is 0.476 e. The van der Waals surface area contributed by atoms with Crippen molar-refractivity contribution in [3.05, 3.63) is 69.2 Å². The third kappa shape index (κ3) is 2.33.